The highest BCUT2D eigenvalue weighted by atomic mass is 35.5. The number of benzene rings is 3. The molecule has 0 aliphatic heterocycles. The van der Waals surface area contributed by atoms with E-state index >= 15 is 0 Å². The number of carbonyl (C=O) groups is 1. The molecule has 0 radical (unpaired) electrons. The van der Waals surface area contributed by atoms with Gasteiger partial charge in [0, 0.05) is 12.1 Å². The van der Waals surface area contributed by atoms with E-state index in [2.05, 4.69) is 0 Å². The van der Waals surface area contributed by atoms with Crippen LogP contribution in [0.4, 0.5) is 14.5 Å². The van der Waals surface area contributed by atoms with Gasteiger partial charge in [-0.1, -0.05) is 29.3 Å². The number of ether oxygens (including phenoxy) is 2. The van der Waals surface area contributed by atoms with Crippen LogP contribution in [0.1, 0.15) is 15.9 Å². The molecule has 0 aliphatic rings. The van der Waals surface area contributed by atoms with E-state index in [1.807, 2.05) is 0 Å². The summed E-state index contributed by atoms with van der Waals surface area (Å²) < 4.78 is 37.1. The molecule has 0 aromatic heterocycles. The fourth-order valence-electron chi connectivity index (χ4n) is 2.41. The van der Waals surface area contributed by atoms with Crippen molar-refractivity contribution in [2.24, 2.45) is 0 Å². The van der Waals surface area contributed by atoms with E-state index in [9.17, 15) is 23.7 Å². The highest BCUT2D eigenvalue weighted by molar-refractivity contribution is 6.42. The largest absolute Gasteiger partial charge is 0.457 e. The predicted molar refractivity (Wildman–Crippen MR) is 105 cm³/mol. The van der Waals surface area contributed by atoms with Gasteiger partial charge in [0.15, 0.2) is 11.6 Å². The number of nitro benzene ring substituents is 1. The van der Waals surface area contributed by atoms with E-state index < -0.39 is 28.2 Å². The molecule has 3 aromatic rings. The molecule has 0 aliphatic carbocycles. The van der Waals surface area contributed by atoms with E-state index in [0.717, 1.165) is 18.2 Å². The Hall–Kier alpha value is -3.23. The Balaban J connectivity index is 1.76. The van der Waals surface area contributed by atoms with Crippen molar-refractivity contribution < 1.29 is 28.0 Å². The maximum absolute atomic E-state index is 13.8. The topological polar surface area (TPSA) is 78.7 Å². The van der Waals surface area contributed by atoms with Gasteiger partial charge in [-0.05, 0) is 42.0 Å². The molecule has 0 saturated carbocycles. The van der Waals surface area contributed by atoms with Crippen molar-refractivity contribution in [3.8, 4) is 11.5 Å². The molecule has 0 saturated heterocycles. The van der Waals surface area contributed by atoms with Gasteiger partial charge < -0.3 is 9.47 Å². The summed E-state index contributed by atoms with van der Waals surface area (Å²) in [5.41, 5.74) is -0.0329. The fourth-order valence-corrected chi connectivity index (χ4v) is 2.71. The summed E-state index contributed by atoms with van der Waals surface area (Å²) in [6, 6.07) is 10.5. The van der Waals surface area contributed by atoms with E-state index in [4.69, 9.17) is 32.7 Å². The number of nitro groups is 1. The molecule has 0 heterocycles. The van der Waals surface area contributed by atoms with Crippen LogP contribution < -0.4 is 4.74 Å². The van der Waals surface area contributed by atoms with E-state index in [1.54, 1.807) is 0 Å². The lowest BCUT2D eigenvalue weighted by Gasteiger charge is -2.10. The first-order valence-corrected chi connectivity index (χ1v) is 9.02. The van der Waals surface area contributed by atoms with E-state index in [-0.39, 0.29) is 33.7 Å². The van der Waals surface area contributed by atoms with Gasteiger partial charge in [-0.15, -0.1) is 0 Å². The maximum Gasteiger partial charge on any atom is 0.338 e. The van der Waals surface area contributed by atoms with Crippen LogP contribution in [-0.4, -0.2) is 10.9 Å². The maximum atomic E-state index is 13.8. The van der Waals surface area contributed by atoms with Gasteiger partial charge in [0.25, 0.3) is 0 Å². The van der Waals surface area contributed by atoms with Crippen LogP contribution in [-0.2, 0) is 11.3 Å². The molecule has 0 atom stereocenters. The molecule has 10 heteroatoms. The lowest BCUT2D eigenvalue weighted by molar-refractivity contribution is -0.385. The quantitative estimate of drug-likeness (QED) is 0.247. The Morgan fingerprint density at radius 3 is 2.37 bits per heavy atom. The number of carbonyl (C=O) groups excluding carboxylic acids is 1. The molecule has 0 spiro atoms. The van der Waals surface area contributed by atoms with E-state index in [1.165, 1.54) is 30.3 Å². The Labute approximate surface area is 178 Å². The lowest BCUT2D eigenvalue weighted by Crippen LogP contribution is -2.05. The second kappa shape index (κ2) is 9.06. The van der Waals surface area contributed by atoms with Crippen LogP contribution in [0, 0.1) is 21.7 Å². The van der Waals surface area contributed by atoms with Gasteiger partial charge in [-0.25, -0.2) is 13.6 Å². The highest BCUT2D eigenvalue weighted by Crippen LogP contribution is 2.34. The molecule has 0 amide bonds. The molecular formula is C20H11Cl2F2NO5. The van der Waals surface area contributed by atoms with Gasteiger partial charge in [-0.2, -0.15) is 0 Å². The van der Waals surface area contributed by atoms with Gasteiger partial charge in [0.1, 0.15) is 12.4 Å². The highest BCUT2D eigenvalue weighted by Gasteiger charge is 2.19. The van der Waals surface area contributed by atoms with Crippen molar-refractivity contribution in [1.29, 1.82) is 0 Å². The molecule has 3 rings (SSSR count). The first-order valence-electron chi connectivity index (χ1n) is 8.27. The number of nitrogens with zero attached hydrogens (tertiary/aromatic N) is 1. The smallest absolute Gasteiger partial charge is 0.338 e. The zero-order valence-electron chi connectivity index (χ0n) is 14.9. The summed E-state index contributed by atoms with van der Waals surface area (Å²) in [5, 5.41) is 11.8. The molecule has 0 N–H and O–H groups in total. The van der Waals surface area contributed by atoms with Crippen LogP contribution in [0.15, 0.2) is 54.6 Å². The Morgan fingerprint density at radius 1 is 0.967 bits per heavy atom. The molecule has 30 heavy (non-hydrogen) atoms. The van der Waals surface area contributed by atoms with Crippen LogP contribution in [0.25, 0.3) is 0 Å². The van der Waals surface area contributed by atoms with Crippen molar-refractivity contribution in [3.63, 3.8) is 0 Å². The van der Waals surface area contributed by atoms with Crippen LogP contribution >= 0.6 is 23.2 Å². The lowest BCUT2D eigenvalue weighted by atomic mass is 10.2. The Morgan fingerprint density at radius 2 is 1.70 bits per heavy atom. The van der Waals surface area contributed by atoms with Crippen LogP contribution in [0.5, 0.6) is 11.5 Å². The molecular weight excluding hydrogens is 443 g/mol. The van der Waals surface area contributed by atoms with Crippen LogP contribution in [0.3, 0.4) is 0 Å². The molecule has 0 fully saturated rings. The zero-order chi connectivity index (χ0) is 21.8. The summed E-state index contributed by atoms with van der Waals surface area (Å²) >= 11 is 11.7. The molecule has 6 nitrogen and oxygen atoms in total. The van der Waals surface area contributed by atoms with Gasteiger partial charge >= 0.3 is 11.7 Å². The van der Waals surface area contributed by atoms with Crippen molar-refractivity contribution in [1.82, 2.24) is 0 Å². The molecule has 0 bridgehead atoms. The minimum Gasteiger partial charge on any atom is -0.457 e. The monoisotopic (exact) mass is 453 g/mol. The number of esters is 1. The number of rotatable bonds is 6. The fraction of sp³-hybridized carbons (Fsp3) is 0.0500. The number of hydrogen-bond acceptors (Lipinski definition) is 5. The van der Waals surface area contributed by atoms with Gasteiger partial charge in [0.05, 0.1) is 20.5 Å². The third kappa shape index (κ3) is 5.03. The molecule has 3 aromatic carbocycles. The van der Waals surface area contributed by atoms with Crippen molar-refractivity contribution in [2.45, 2.75) is 6.61 Å². The third-order valence-corrected chi connectivity index (χ3v) is 4.60. The Kier molecular flexibility index (Phi) is 6.49. The third-order valence-electron chi connectivity index (χ3n) is 3.86. The average molecular weight is 454 g/mol. The molecule has 154 valence electrons. The minimum absolute atomic E-state index is 0.158. The zero-order valence-corrected chi connectivity index (χ0v) is 16.4. The number of hydrogen-bond donors (Lipinski definition) is 0. The van der Waals surface area contributed by atoms with Gasteiger partial charge in [0.2, 0.25) is 5.75 Å². The predicted octanol–water partition coefficient (Wildman–Crippen LogP) is 6.33. The van der Waals surface area contributed by atoms with Crippen molar-refractivity contribution >= 4 is 34.9 Å². The Bertz CT molecular complexity index is 1140. The number of halogens is 4. The summed E-state index contributed by atoms with van der Waals surface area (Å²) in [7, 11) is 0. The summed E-state index contributed by atoms with van der Waals surface area (Å²) in [6.07, 6.45) is 0. The normalized spacial score (nSPS) is 10.5. The van der Waals surface area contributed by atoms with Crippen molar-refractivity contribution in [3.05, 3.63) is 97.5 Å². The van der Waals surface area contributed by atoms with Crippen molar-refractivity contribution in [2.75, 3.05) is 0 Å². The van der Waals surface area contributed by atoms with Gasteiger partial charge in [-0.3, -0.25) is 10.1 Å². The van der Waals surface area contributed by atoms with Crippen LogP contribution in [0.2, 0.25) is 10.0 Å². The summed E-state index contributed by atoms with van der Waals surface area (Å²) in [4.78, 5) is 22.8. The average Bonchev–Trinajstić information content (AvgIpc) is 2.70. The standard InChI is InChI=1S/C20H11Cl2F2NO5/c21-14-4-2-12(8-15(14)22)20(26)29-10-11-1-5-19(17(7-11)25(27)28)30-18-6-3-13(23)9-16(18)24/h1-9H,10H2. The summed E-state index contributed by atoms with van der Waals surface area (Å²) in [5.74, 6) is -3.16. The minimum atomic E-state index is -1.01. The summed E-state index contributed by atoms with van der Waals surface area (Å²) in [6.45, 7) is -0.273. The SMILES string of the molecule is O=C(OCc1ccc(Oc2ccc(F)cc2F)c([N+](=O)[O-])c1)c1ccc(Cl)c(Cl)c1. The second-order valence-corrected chi connectivity index (χ2v) is 6.76. The first-order chi connectivity index (χ1) is 14.2. The van der Waals surface area contributed by atoms with E-state index in [0.29, 0.717) is 11.6 Å². The molecule has 0 unspecified atom stereocenters. The first kappa shape index (κ1) is 21.5. The second-order valence-electron chi connectivity index (χ2n) is 5.94.